The van der Waals surface area contributed by atoms with Crippen molar-refractivity contribution in [3.8, 4) is 0 Å². The molecule has 0 aliphatic rings. The smallest absolute Gasteiger partial charge is 0.166 e. The van der Waals surface area contributed by atoms with Gasteiger partial charge in [-0.05, 0) is 36.4 Å². The third kappa shape index (κ3) is 2.05. The minimum absolute atomic E-state index is 0.634. The third-order valence-electron chi connectivity index (χ3n) is 3.07. The lowest BCUT2D eigenvalue weighted by atomic mass is 10.3. The fourth-order valence-corrected chi connectivity index (χ4v) is 1.83. The first-order valence-corrected chi connectivity index (χ1v) is 5.57. The van der Waals surface area contributed by atoms with Crippen molar-refractivity contribution in [1.29, 1.82) is 0 Å². The van der Waals surface area contributed by atoms with Gasteiger partial charge in [-0.25, -0.2) is 0 Å². The van der Waals surface area contributed by atoms with Crippen LogP contribution in [0.4, 0.5) is 0 Å². The van der Waals surface area contributed by atoms with Crippen molar-refractivity contribution in [3.05, 3.63) is 47.0 Å². The summed E-state index contributed by atoms with van der Waals surface area (Å²) in [4.78, 5) is 21.4. The van der Waals surface area contributed by atoms with E-state index in [2.05, 4.69) is 0 Å². The van der Waals surface area contributed by atoms with Crippen molar-refractivity contribution in [2.75, 3.05) is 0 Å². The Morgan fingerprint density at radius 2 is 1.06 bits per heavy atom. The summed E-state index contributed by atoms with van der Waals surface area (Å²) in [5, 5.41) is 0. The summed E-state index contributed by atoms with van der Waals surface area (Å²) in [7, 11) is 3.68. The number of nitrogens with zero attached hydrogens (tertiary/aromatic N) is 2. The molecule has 2 heterocycles. The van der Waals surface area contributed by atoms with Gasteiger partial charge in [-0.15, -0.1) is 0 Å². The number of aldehydes is 2. The van der Waals surface area contributed by atoms with E-state index in [1.165, 1.54) is 0 Å². The summed E-state index contributed by atoms with van der Waals surface area (Å²) in [5.41, 5.74) is 3.14. The lowest BCUT2D eigenvalue weighted by Crippen LogP contribution is -1.97. The topological polar surface area (TPSA) is 44.0 Å². The predicted molar refractivity (Wildman–Crippen MR) is 70.5 cm³/mol. The van der Waals surface area contributed by atoms with E-state index < -0.39 is 0 Å². The molecule has 2 aromatic rings. The summed E-state index contributed by atoms with van der Waals surface area (Å²) in [6.07, 6.45) is 5.47. The highest BCUT2D eigenvalue weighted by Gasteiger charge is 2.02. The average molecular weight is 242 g/mol. The van der Waals surface area contributed by atoms with Crippen molar-refractivity contribution in [2.45, 2.75) is 0 Å². The fraction of sp³-hybridized carbons (Fsp3) is 0.143. The van der Waals surface area contributed by atoms with Crippen molar-refractivity contribution >= 4 is 24.7 Å². The number of hydrogen-bond donors (Lipinski definition) is 0. The summed E-state index contributed by atoms with van der Waals surface area (Å²) >= 11 is 0. The highest BCUT2D eigenvalue weighted by atomic mass is 16.1. The van der Waals surface area contributed by atoms with Crippen LogP contribution in [-0.4, -0.2) is 21.7 Å². The highest BCUT2D eigenvalue weighted by Crippen LogP contribution is 2.12. The van der Waals surface area contributed by atoms with Gasteiger partial charge in [-0.2, -0.15) is 0 Å². The van der Waals surface area contributed by atoms with Gasteiger partial charge < -0.3 is 9.13 Å². The van der Waals surface area contributed by atoms with E-state index in [0.717, 1.165) is 24.0 Å². The van der Waals surface area contributed by atoms with Crippen LogP contribution in [0.5, 0.6) is 0 Å². The van der Waals surface area contributed by atoms with Crippen LogP contribution in [0.3, 0.4) is 0 Å². The second-order valence-corrected chi connectivity index (χ2v) is 4.05. The summed E-state index contributed by atoms with van der Waals surface area (Å²) < 4.78 is 3.63. The molecule has 0 aliphatic heterocycles. The molecule has 0 saturated heterocycles. The van der Waals surface area contributed by atoms with Crippen LogP contribution in [-0.2, 0) is 14.1 Å². The van der Waals surface area contributed by atoms with Crippen molar-refractivity contribution in [2.24, 2.45) is 14.1 Å². The molecule has 2 aromatic heterocycles. The van der Waals surface area contributed by atoms with E-state index in [1.807, 2.05) is 47.5 Å². The predicted octanol–water partition coefficient (Wildman–Crippen LogP) is 2.16. The number of aromatic nitrogens is 2. The third-order valence-corrected chi connectivity index (χ3v) is 3.07. The zero-order valence-corrected chi connectivity index (χ0v) is 10.3. The molecule has 92 valence electrons. The molecule has 0 aliphatic carbocycles. The van der Waals surface area contributed by atoms with Gasteiger partial charge in [0, 0.05) is 25.5 Å². The first-order chi connectivity index (χ1) is 8.67. The highest BCUT2D eigenvalue weighted by molar-refractivity contribution is 5.77. The van der Waals surface area contributed by atoms with Gasteiger partial charge in [0.2, 0.25) is 0 Å². The summed E-state index contributed by atoms with van der Waals surface area (Å²) in [5.74, 6) is 0. The molecule has 0 aromatic carbocycles. The van der Waals surface area contributed by atoms with Crippen LogP contribution in [0.15, 0.2) is 24.3 Å². The summed E-state index contributed by atoms with van der Waals surface area (Å²) in [6.45, 7) is 0. The average Bonchev–Trinajstić information content (AvgIpc) is 2.90. The normalized spacial score (nSPS) is 11.0. The molecule has 4 nitrogen and oxygen atoms in total. The van der Waals surface area contributed by atoms with Gasteiger partial charge in [0.05, 0.1) is 11.4 Å². The Kier molecular flexibility index (Phi) is 3.28. The number of carbonyl (C=O) groups is 2. The van der Waals surface area contributed by atoms with Crippen molar-refractivity contribution in [3.63, 3.8) is 0 Å². The number of carbonyl (C=O) groups excluding carboxylic acids is 2. The Morgan fingerprint density at radius 3 is 1.33 bits per heavy atom. The molecule has 0 radical (unpaired) electrons. The minimum Gasteiger partial charge on any atom is -0.342 e. The SMILES string of the molecule is Cn1c(C=O)ccc1C=Cc1ccc(C=O)n1C. The second kappa shape index (κ2) is 4.87. The monoisotopic (exact) mass is 242 g/mol. The maximum Gasteiger partial charge on any atom is 0.166 e. The standard InChI is InChI=1S/C14H14N2O2/c1-15-11(5-7-13(15)9-17)3-4-12-6-8-14(10-18)16(12)2/h3-10H,1-2H3. The van der Waals surface area contributed by atoms with Crippen molar-refractivity contribution in [1.82, 2.24) is 9.13 Å². The molecule has 0 fully saturated rings. The molecule has 0 amide bonds. The lowest BCUT2D eigenvalue weighted by Gasteiger charge is -2.01. The first-order valence-electron chi connectivity index (χ1n) is 5.57. The van der Waals surface area contributed by atoms with Crippen LogP contribution in [0.2, 0.25) is 0 Å². The van der Waals surface area contributed by atoms with Gasteiger partial charge in [0.1, 0.15) is 0 Å². The van der Waals surface area contributed by atoms with Gasteiger partial charge in [-0.1, -0.05) is 0 Å². The quantitative estimate of drug-likeness (QED) is 0.771. The maximum absolute atomic E-state index is 10.7. The maximum atomic E-state index is 10.7. The Hall–Kier alpha value is -2.36. The van der Waals surface area contributed by atoms with Crippen LogP contribution in [0.1, 0.15) is 32.4 Å². The number of rotatable bonds is 4. The van der Waals surface area contributed by atoms with E-state index in [9.17, 15) is 9.59 Å². The Morgan fingerprint density at radius 1 is 0.722 bits per heavy atom. The lowest BCUT2D eigenvalue weighted by molar-refractivity contribution is 0.110. The zero-order valence-electron chi connectivity index (χ0n) is 10.3. The Bertz CT molecular complexity index is 564. The van der Waals surface area contributed by atoms with Crippen LogP contribution < -0.4 is 0 Å². The molecule has 2 rings (SSSR count). The molecule has 0 spiro atoms. The van der Waals surface area contributed by atoms with Crippen LogP contribution >= 0.6 is 0 Å². The largest absolute Gasteiger partial charge is 0.342 e. The zero-order chi connectivity index (χ0) is 13.1. The van der Waals surface area contributed by atoms with E-state index in [-0.39, 0.29) is 0 Å². The molecule has 0 atom stereocenters. The molecule has 0 N–H and O–H groups in total. The summed E-state index contributed by atoms with van der Waals surface area (Å²) in [6, 6.07) is 7.30. The van der Waals surface area contributed by atoms with Gasteiger partial charge in [0.15, 0.2) is 12.6 Å². The van der Waals surface area contributed by atoms with Crippen molar-refractivity contribution < 1.29 is 9.59 Å². The Labute approximate surface area is 105 Å². The van der Waals surface area contributed by atoms with Gasteiger partial charge in [-0.3, -0.25) is 9.59 Å². The van der Waals surface area contributed by atoms with Gasteiger partial charge in [0.25, 0.3) is 0 Å². The number of hydrogen-bond acceptors (Lipinski definition) is 2. The van der Waals surface area contributed by atoms with E-state index in [0.29, 0.717) is 11.4 Å². The molecule has 0 bridgehead atoms. The van der Waals surface area contributed by atoms with E-state index >= 15 is 0 Å². The van der Waals surface area contributed by atoms with Crippen LogP contribution in [0, 0.1) is 0 Å². The molecule has 0 unspecified atom stereocenters. The first kappa shape index (κ1) is 12.1. The second-order valence-electron chi connectivity index (χ2n) is 4.05. The van der Waals surface area contributed by atoms with Gasteiger partial charge >= 0.3 is 0 Å². The van der Waals surface area contributed by atoms with E-state index in [4.69, 9.17) is 0 Å². The molecule has 4 heteroatoms. The Balaban J connectivity index is 2.29. The molecular weight excluding hydrogens is 228 g/mol. The molecular formula is C14H14N2O2. The fourth-order valence-electron chi connectivity index (χ4n) is 1.83. The van der Waals surface area contributed by atoms with E-state index in [1.54, 1.807) is 12.1 Å². The minimum atomic E-state index is 0.634. The molecule has 18 heavy (non-hydrogen) atoms. The molecule has 0 saturated carbocycles. The van der Waals surface area contributed by atoms with Crippen LogP contribution in [0.25, 0.3) is 12.2 Å².